The van der Waals surface area contributed by atoms with Crippen molar-refractivity contribution < 1.29 is 14.9 Å². The van der Waals surface area contributed by atoms with Gasteiger partial charge in [0, 0.05) is 6.20 Å². The number of hydrogen-bond donors (Lipinski definition) is 2. The molecule has 0 saturated carbocycles. The van der Waals surface area contributed by atoms with E-state index in [0.29, 0.717) is 22.6 Å². The Morgan fingerprint density at radius 1 is 1.50 bits per heavy atom. The smallest absolute Gasteiger partial charge is 0.164 e. The predicted molar refractivity (Wildman–Crippen MR) is 73.4 cm³/mol. The monoisotopic (exact) mass is 297 g/mol. The van der Waals surface area contributed by atoms with Gasteiger partial charge in [-0.3, -0.25) is 0 Å². The number of rotatable bonds is 2. The van der Waals surface area contributed by atoms with Crippen LogP contribution in [-0.2, 0) is 4.74 Å². The Labute approximate surface area is 121 Å². The quantitative estimate of drug-likeness (QED) is 0.821. The Kier molecular flexibility index (Phi) is 3.21. The van der Waals surface area contributed by atoms with Crippen LogP contribution in [0, 0.1) is 0 Å². The SMILES string of the molecule is CC[C@H]1O[C@@H](n2ccc3c(Cl)ncnc32)[C@H](O)[C@]1(C)O. The largest absolute Gasteiger partial charge is 0.385 e. The summed E-state index contributed by atoms with van der Waals surface area (Å²) in [7, 11) is 0. The Morgan fingerprint density at radius 3 is 2.90 bits per heavy atom. The molecule has 3 heterocycles. The highest BCUT2D eigenvalue weighted by Gasteiger charge is 2.52. The molecule has 1 aliphatic heterocycles. The third kappa shape index (κ3) is 1.83. The second kappa shape index (κ2) is 4.66. The second-order valence-electron chi connectivity index (χ2n) is 5.22. The average Bonchev–Trinajstić information content (AvgIpc) is 2.92. The first kappa shape index (κ1) is 13.8. The van der Waals surface area contributed by atoms with E-state index >= 15 is 0 Å². The highest BCUT2D eigenvalue weighted by molar-refractivity contribution is 6.33. The molecule has 0 radical (unpaired) electrons. The van der Waals surface area contributed by atoms with E-state index in [9.17, 15) is 10.2 Å². The Balaban J connectivity index is 2.06. The number of hydrogen-bond acceptors (Lipinski definition) is 5. The number of halogens is 1. The van der Waals surface area contributed by atoms with E-state index < -0.39 is 24.0 Å². The number of fused-ring (bicyclic) bond motifs is 1. The van der Waals surface area contributed by atoms with Crippen molar-refractivity contribution in [3.63, 3.8) is 0 Å². The maximum atomic E-state index is 10.4. The van der Waals surface area contributed by atoms with Gasteiger partial charge in [-0.25, -0.2) is 9.97 Å². The molecule has 108 valence electrons. The van der Waals surface area contributed by atoms with Crippen molar-refractivity contribution in [2.24, 2.45) is 0 Å². The molecule has 2 N–H and O–H groups in total. The molecular weight excluding hydrogens is 282 g/mol. The number of aromatic nitrogens is 3. The molecule has 2 aromatic rings. The summed E-state index contributed by atoms with van der Waals surface area (Å²) in [6.45, 7) is 3.49. The van der Waals surface area contributed by atoms with Crippen molar-refractivity contribution in [1.29, 1.82) is 0 Å². The molecule has 0 aromatic carbocycles. The first-order chi connectivity index (χ1) is 9.46. The normalized spacial score (nSPS) is 34.0. The fourth-order valence-electron chi connectivity index (χ4n) is 2.73. The van der Waals surface area contributed by atoms with Gasteiger partial charge in [0.1, 0.15) is 28.8 Å². The summed E-state index contributed by atoms with van der Waals surface area (Å²) in [5.41, 5.74) is -0.728. The summed E-state index contributed by atoms with van der Waals surface area (Å²) in [6.07, 6.45) is 1.52. The van der Waals surface area contributed by atoms with Crippen LogP contribution in [0.1, 0.15) is 26.5 Å². The third-order valence-corrected chi connectivity index (χ3v) is 4.23. The van der Waals surface area contributed by atoms with Crippen LogP contribution in [0.25, 0.3) is 11.0 Å². The van der Waals surface area contributed by atoms with Crippen LogP contribution in [0.3, 0.4) is 0 Å². The van der Waals surface area contributed by atoms with Gasteiger partial charge in [0.05, 0.1) is 11.5 Å². The van der Waals surface area contributed by atoms with E-state index in [2.05, 4.69) is 9.97 Å². The molecule has 0 bridgehead atoms. The van der Waals surface area contributed by atoms with Gasteiger partial charge < -0.3 is 19.5 Å². The molecule has 0 unspecified atom stereocenters. The van der Waals surface area contributed by atoms with E-state index in [1.807, 2.05) is 6.92 Å². The summed E-state index contributed by atoms with van der Waals surface area (Å²) >= 11 is 6.01. The molecule has 1 fully saturated rings. The highest BCUT2D eigenvalue weighted by atomic mass is 35.5. The van der Waals surface area contributed by atoms with E-state index in [1.165, 1.54) is 6.33 Å². The number of nitrogens with zero attached hydrogens (tertiary/aromatic N) is 3. The number of aliphatic hydroxyl groups excluding tert-OH is 1. The van der Waals surface area contributed by atoms with E-state index in [4.69, 9.17) is 16.3 Å². The summed E-state index contributed by atoms with van der Waals surface area (Å²) < 4.78 is 7.47. The Morgan fingerprint density at radius 2 is 2.25 bits per heavy atom. The van der Waals surface area contributed by atoms with Crippen molar-refractivity contribution in [2.45, 2.75) is 44.3 Å². The van der Waals surface area contributed by atoms with E-state index in [0.717, 1.165) is 0 Å². The minimum absolute atomic E-state index is 0.347. The van der Waals surface area contributed by atoms with E-state index in [-0.39, 0.29) is 0 Å². The van der Waals surface area contributed by atoms with Crippen LogP contribution >= 0.6 is 11.6 Å². The predicted octanol–water partition coefficient (Wildman–Crippen LogP) is 1.50. The summed E-state index contributed by atoms with van der Waals surface area (Å²) in [5, 5.41) is 21.8. The molecule has 0 spiro atoms. The first-order valence-electron chi connectivity index (χ1n) is 6.49. The van der Waals surface area contributed by atoms with Crippen LogP contribution in [0.5, 0.6) is 0 Å². The summed E-state index contributed by atoms with van der Waals surface area (Å²) in [5.74, 6) is 0. The molecule has 1 aliphatic rings. The topological polar surface area (TPSA) is 80.4 Å². The van der Waals surface area contributed by atoms with Gasteiger partial charge in [0.2, 0.25) is 0 Å². The summed E-state index contributed by atoms with van der Waals surface area (Å²) in [4.78, 5) is 8.09. The molecule has 7 heteroatoms. The molecule has 4 atom stereocenters. The molecular formula is C13H16ClN3O3. The van der Waals surface area contributed by atoms with Crippen LogP contribution in [0.2, 0.25) is 5.15 Å². The second-order valence-corrected chi connectivity index (χ2v) is 5.58. The molecule has 6 nitrogen and oxygen atoms in total. The van der Waals surface area contributed by atoms with E-state index in [1.54, 1.807) is 23.8 Å². The van der Waals surface area contributed by atoms with Crippen LogP contribution in [0.4, 0.5) is 0 Å². The summed E-state index contributed by atoms with van der Waals surface area (Å²) in [6, 6.07) is 1.77. The Hall–Kier alpha value is -1.21. The minimum atomic E-state index is -1.30. The van der Waals surface area contributed by atoms with Crippen molar-refractivity contribution in [3.8, 4) is 0 Å². The lowest BCUT2D eigenvalue weighted by Crippen LogP contribution is -2.44. The van der Waals surface area contributed by atoms with Gasteiger partial charge in [0.15, 0.2) is 6.23 Å². The third-order valence-electron chi connectivity index (χ3n) is 3.93. The average molecular weight is 298 g/mol. The zero-order valence-corrected chi connectivity index (χ0v) is 11.9. The van der Waals surface area contributed by atoms with Crippen molar-refractivity contribution in [2.75, 3.05) is 0 Å². The number of ether oxygens (including phenoxy) is 1. The van der Waals surface area contributed by atoms with Crippen molar-refractivity contribution >= 4 is 22.6 Å². The standard InChI is InChI=1S/C13H16ClN3O3/c1-3-8-13(2,19)9(18)12(20-8)17-5-4-7-10(14)15-6-16-11(7)17/h4-6,8-9,12,18-19H,3H2,1-2H3/t8-,9+,12-,13-/m1/s1. The van der Waals surface area contributed by atoms with Crippen LogP contribution in [-0.4, -0.2) is 42.6 Å². The van der Waals surface area contributed by atoms with Crippen LogP contribution in [0.15, 0.2) is 18.6 Å². The lowest BCUT2D eigenvalue weighted by molar-refractivity contribution is -0.0638. The molecule has 3 rings (SSSR count). The fourth-order valence-corrected chi connectivity index (χ4v) is 2.92. The van der Waals surface area contributed by atoms with Gasteiger partial charge in [-0.15, -0.1) is 0 Å². The lowest BCUT2D eigenvalue weighted by Gasteiger charge is -2.25. The maximum Gasteiger partial charge on any atom is 0.164 e. The lowest BCUT2D eigenvalue weighted by atomic mass is 9.93. The number of aliphatic hydroxyl groups is 2. The molecule has 1 saturated heterocycles. The Bertz CT molecular complexity index is 643. The fraction of sp³-hybridized carbons (Fsp3) is 0.538. The van der Waals surface area contributed by atoms with Crippen molar-refractivity contribution in [1.82, 2.24) is 14.5 Å². The van der Waals surface area contributed by atoms with Gasteiger partial charge >= 0.3 is 0 Å². The van der Waals surface area contributed by atoms with Crippen molar-refractivity contribution in [3.05, 3.63) is 23.7 Å². The molecule has 20 heavy (non-hydrogen) atoms. The van der Waals surface area contributed by atoms with Gasteiger partial charge in [-0.05, 0) is 19.4 Å². The minimum Gasteiger partial charge on any atom is -0.385 e. The maximum absolute atomic E-state index is 10.4. The molecule has 2 aromatic heterocycles. The van der Waals surface area contributed by atoms with Crippen LogP contribution < -0.4 is 0 Å². The zero-order chi connectivity index (χ0) is 14.5. The zero-order valence-electron chi connectivity index (χ0n) is 11.2. The van der Waals surface area contributed by atoms with Gasteiger partial charge in [-0.1, -0.05) is 18.5 Å². The highest BCUT2D eigenvalue weighted by Crippen LogP contribution is 2.39. The van der Waals surface area contributed by atoms with Gasteiger partial charge in [0.25, 0.3) is 0 Å². The first-order valence-corrected chi connectivity index (χ1v) is 6.87. The van der Waals surface area contributed by atoms with Gasteiger partial charge in [-0.2, -0.15) is 0 Å². The molecule has 0 aliphatic carbocycles. The molecule has 0 amide bonds.